The molecule has 3 aliphatic rings. The second-order valence-corrected chi connectivity index (χ2v) is 10.9. The number of aliphatic imine (C=N–C) groups is 1. The summed E-state index contributed by atoms with van der Waals surface area (Å²) < 4.78 is 20.6. The number of ether oxygens (including phenoxy) is 1. The van der Waals surface area contributed by atoms with Gasteiger partial charge >= 0.3 is 0 Å². The lowest BCUT2D eigenvalue weighted by Gasteiger charge is -2.41. The number of dihydropyridines is 1. The van der Waals surface area contributed by atoms with Crippen molar-refractivity contribution in [1.82, 2.24) is 35.7 Å². The lowest BCUT2D eigenvalue weighted by molar-refractivity contribution is -0.149. The van der Waals surface area contributed by atoms with E-state index in [2.05, 4.69) is 41.4 Å². The van der Waals surface area contributed by atoms with Crippen molar-refractivity contribution in [3.8, 4) is 5.82 Å². The lowest BCUT2D eigenvalue weighted by atomic mass is 9.73. The fraction of sp³-hybridized carbons (Fsp3) is 0.429. The standard InChI is InChI=1S/C28H33FN10O2/c1-16-10-23(37-36-16)34-22-11-20-13-31-38-26(20)25(35-22)18-6-8-28(41-3,9-7-18)27(40)33-17(2)19-4-5-24(30-12-19)39-15-21(29)14-32-39/h4-5,10-15,17-18,25-26,38H,6-9H2,1-3H3,(H,33,40)(H2,34,35,36,37)/t17-,18?,25?,26?,28?/m0/s1. The van der Waals surface area contributed by atoms with Gasteiger partial charge in [0.05, 0.1) is 36.7 Å². The molecular formula is C28H33FN10O2. The van der Waals surface area contributed by atoms with E-state index >= 15 is 0 Å². The number of carbonyl (C=O) groups is 1. The van der Waals surface area contributed by atoms with E-state index in [-0.39, 0.29) is 30.0 Å². The molecule has 3 aromatic heterocycles. The normalized spacial score (nSPS) is 26.0. The number of rotatable bonds is 7. The van der Waals surface area contributed by atoms with Crippen LogP contribution in [0.25, 0.3) is 5.82 Å². The number of nitrogens with one attached hydrogen (secondary N) is 4. The number of methoxy groups -OCH3 is 1. The number of aromatic nitrogens is 5. The highest BCUT2D eigenvalue weighted by atomic mass is 19.1. The Morgan fingerprint density at radius 1 is 1.27 bits per heavy atom. The highest BCUT2D eigenvalue weighted by Crippen LogP contribution is 2.40. The molecule has 2 unspecified atom stereocenters. The number of amidine groups is 1. The van der Waals surface area contributed by atoms with Gasteiger partial charge in [-0.15, -0.1) is 0 Å². The predicted molar refractivity (Wildman–Crippen MR) is 151 cm³/mol. The molecule has 3 atom stereocenters. The molecular weight excluding hydrogens is 527 g/mol. The first kappa shape index (κ1) is 26.8. The molecule has 41 heavy (non-hydrogen) atoms. The number of nitrogens with zero attached hydrogens (tertiary/aromatic N) is 6. The largest absolute Gasteiger partial charge is 0.368 e. The van der Waals surface area contributed by atoms with Crippen molar-refractivity contribution in [2.75, 3.05) is 12.4 Å². The molecule has 4 N–H and O–H groups in total. The van der Waals surface area contributed by atoms with Crippen LogP contribution in [0.15, 0.2) is 58.5 Å². The minimum atomic E-state index is -0.922. The van der Waals surface area contributed by atoms with Crippen molar-refractivity contribution in [3.63, 3.8) is 0 Å². The Labute approximate surface area is 236 Å². The van der Waals surface area contributed by atoms with Crippen LogP contribution in [0.3, 0.4) is 0 Å². The zero-order valence-corrected chi connectivity index (χ0v) is 23.1. The predicted octanol–water partition coefficient (Wildman–Crippen LogP) is 2.97. The molecule has 6 rings (SSSR count). The van der Waals surface area contributed by atoms with Gasteiger partial charge in [0, 0.05) is 30.6 Å². The fourth-order valence-corrected chi connectivity index (χ4v) is 5.84. The number of H-pyrrole nitrogens is 1. The highest BCUT2D eigenvalue weighted by molar-refractivity contribution is 6.08. The quantitative estimate of drug-likeness (QED) is 0.347. The molecule has 0 spiro atoms. The molecule has 12 nitrogen and oxygen atoms in total. The summed E-state index contributed by atoms with van der Waals surface area (Å²) in [6.07, 6.45) is 10.6. The number of hydrogen-bond donors (Lipinski definition) is 4. The number of hydrogen-bond acceptors (Lipinski definition) is 9. The maximum absolute atomic E-state index is 13.5. The summed E-state index contributed by atoms with van der Waals surface area (Å²) in [6.45, 7) is 3.86. The lowest BCUT2D eigenvalue weighted by Crippen LogP contribution is -2.53. The van der Waals surface area contributed by atoms with Gasteiger partial charge in [0.2, 0.25) is 0 Å². The summed E-state index contributed by atoms with van der Waals surface area (Å²) in [5.74, 6) is 1.62. The highest BCUT2D eigenvalue weighted by Gasteiger charge is 2.46. The van der Waals surface area contributed by atoms with Gasteiger partial charge in [-0.25, -0.2) is 14.1 Å². The third kappa shape index (κ3) is 5.36. The summed E-state index contributed by atoms with van der Waals surface area (Å²) in [5, 5.41) is 21.9. The van der Waals surface area contributed by atoms with E-state index in [1.165, 1.54) is 10.9 Å². The van der Waals surface area contributed by atoms with Gasteiger partial charge in [-0.1, -0.05) is 6.07 Å². The second-order valence-electron chi connectivity index (χ2n) is 10.9. The van der Waals surface area contributed by atoms with E-state index in [4.69, 9.17) is 9.73 Å². The summed E-state index contributed by atoms with van der Waals surface area (Å²) in [4.78, 5) is 23.0. The Balaban J connectivity index is 1.10. The maximum atomic E-state index is 13.5. The first-order valence-corrected chi connectivity index (χ1v) is 13.7. The molecule has 1 amide bonds. The Morgan fingerprint density at radius 3 is 2.76 bits per heavy atom. The molecule has 3 aromatic rings. The minimum Gasteiger partial charge on any atom is -0.368 e. The monoisotopic (exact) mass is 560 g/mol. The number of halogens is 1. The van der Waals surface area contributed by atoms with Gasteiger partial charge in [-0.3, -0.25) is 14.9 Å². The molecule has 1 aliphatic carbocycles. The van der Waals surface area contributed by atoms with Crippen LogP contribution in [0.2, 0.25) is 0 Å². The third-order valence-electron chi connectivity index (χ3n) is 8.21. The summed E-state index contributed by atoms with van der Waals surface area (Å²) in [7, 11) is 1.60. The van der Waals surface area contributed by atoms with Crippen LogP contribution in [0.4, 0.5) is 10.2 Å². The molecule has 0 radical (unpaired) electrons. The first-order chi connectivity index (χ1) is 19.8. The molecule has 13 heteroatoms. The number of pyridine rings is 1. The first-order valence-electron chi connectivity index (χ1n) is 13.7. The van der Waals surface area contributed by atoms with E-state index in [1.807, 2.05) is 38.3 Å². The summed E-state index contributed by atoms with van der Waals surface area (Å²) >= 11 is 0. The Bertz CT molecular complexity index is 1500. The van der Waals surface area contributed by atoms with Crippen LogP contribution in [-0.4, -0.2) is 67.7 Å². The van der Waals surface area contributed by atoms with E-state index in [0.717, 1.165) is 41.7 Å². The summed E-state index contributed by atoms with van der Waals surface area (Å²) in [6, 6.07) is 5.20. The third-order valence-corrected chi connectivity index (χ3v) is 8.21. The molecule has 1 fully saturated rings. The average Bonchev–Trinajstić information content (AvgIpc) is 3.74. The zero-order valence-electron chi connectivity index (χ0n) is 23.1. The van der Waals surface area contributed by atoms with Crippen LogP contribution >= 0.6 is 0 Å². The fourth-order valence-electron chi connectivity index (χ4n) is 5.84. The van der Waals surface area contributed by atoms with Crippen molar-refractivity contribution < 1.29 is 13.9 Å². The zero-order chi connectivity index (χ0) is 28.6. The van der Waals surface area contributed by atoms with Crippen molar-refractivity contribution >= 4 is 23.8 Å². The Kier molecular flexibility index (Phi) is 7.12. The number of aromatic amines is 1. The molecule has 5 heterocycles. The molecule has 214 valence electrons. The van der Waals surface area contributed by atoms with Gasteiger partial charge in [-0.05, 0) is 63.2 Å². The van der Waals surface area contributed by atoms with Crippen LogP contribution in [0.1, 0.15) is 49.9 Å². The Hall–Kier alpha value is -4.39. The van der Waals surface area contributed by atoms with Gasteiger partial charge in [0.1, 0.15) is 11.4 Å². The van der Waals surface area contributed by atoms with Crippen molar-refractivity contribution in [2.45, 2.75) is 63.3 Å². The maximum Gasteiger partial charge on any atom is 0.252 e. The second kappa shape index (κ2) is 10.9. The minimum absolute atomic E-state index is 0.00377. The van der Waals surface area contributed by atoms with Gasteiger partial charge in [-0.2, -0.15) is 15.3 Å². The number of hydrazone groups is 1. The van der Waals surface area contributed by atoms with Crippen LogP contribution < -0.4 is 16.1 Å². The average molecular weight is 561 g/mol. The van der Waals surface area contributed by atoms with Crippen LogP contribution in [-0.2, 0) is 9.53 Å². The number of aryl methyl sites for hydroxylation is 1. The van der Waals surface area contributed by atoms with E-state index < -0.39 is 11.4 Å². The van der Waals surface area contributed by atoms with E-state index in [9.17, 15) is 9.18 Å². The molecule has 1 saturated carbocycles. The van der Waals surface area contributed by atoms with Crippen LogP contribution in [0.5, 0.6) is 0 Å². The van der Waals surface area contributed by atoms with Crippen molar-refractivity contribution in [2.24, 2.45) is 16.0 Å². The van der Waals surface area contributed by atoms with Crippen molar-refractivity contribution in [1.29, 1.82) is 0 Å². The van der Waals surface area contributed by atoms with Gasteiger partial charge < -0.3 is 20.8 Å². The number of fused-ring (bicyclic) bond motifs is 1. The molecule has 0 aromatic carbocycles. The summed E-state index contributed by atoms with van der Waals surface area (Å²) in [5.41, 5.74) is 5.16. The van der Waals surface area contributed by atoms with E-state index in [1.54, 1.807) is 19.4 Å². The van der Waals surface area contributed by atoms with E-state index in [0.29, 0.717) is 24.5 Å². The Morgan fingerprint density at radius 2 is 2.10 bits per heavy atom. The molecule has 0 saturated heterocycles. The number of anilines is 1. The molecule has 2 aliphatic heterocycles. The van der Waals surface area contributed by atoms with Crippen LogP contribution in [0, 0.1) is 18.7 Å². The van der Waals surface area contributed by atoms with Gasteiger partial charge in [0.15, 0.2) is 17.5 Å². The number of amides is 1. The van der Waals surface area contributed by atoms with Crippen molar-refractivity contribution in [3.05, 3.63) is 65.5 Å². The SMILES string of the molecule is COC1(C(=O)N[C@@H](C)c2ccc(-n3cc(F)cn3)nc2)CCC(C2N=C(Nc3cc(C)[nH]n3)C=C3C=NNC32)CC1. The number of carbonyl (C=O) groups excluding carboxylic acids is 1. The van der Waals surface area contributed by atoms with Gasteiger partial charge in [0.25, 0.3) is 5.91 Å². The smallest absolute Gasteiger partial charge is 0.252 e. The molecule has 0 bridgehead atoms. The topological polar surface area (TPSA) is 146 Å².